The summed E-state index contributed by atoms with van der Waals surface area (Å²) < 4.78 is 5.43. The summed E-state index contributed by atoms with van der Waals surface area (Å²) in [5, 5.41) is 13.2. The van der Waals surface area contributed by atoms with Crippen molar-refractivity contribution in [2.45, 2.75) is 26.3 Å². The first-order chi connectivity index (χ1) is 14.0. The van der Waals surface area contributed by atoms with E-state index in [-0.39, 0.29) is 11.8 Å². The second kappa shape index (κ2) is 9.56. The van der Waals surface area contributed by atoms with Crippen molar-refractivity contribution in [3.63, 3.8) is 0 Å². The number of amides is 1. The van der Waals surface area contributed by atoms with Gasteiger partial charge >= 0.3 is 0 Å². The van der Waals surface area contributed by atoms with Gasteiger partial charge in [0, 0.05) is 63.6 Å². The van der Waals surface area contributed by atoms with Crippen molar-refractivity contribution >= 4 is 23.0 Å². The van der Waals surface area contributed by atoms with Crippen molar-refractivity contribution in [2.75, 3.05) is 37.1 Å². The molecule has 1 heterocycles. The molecule has 3 rings (SSSR count). The van der Waals surface area contributed by atoms with E-state index in [1.54, 1.807) is 18.9 Å². The van der Waals surface area contributed by atoms with Crippen molar-refractivity contribution in [3.05, 3.63) is 59.7 Å². The van der Waals surface area contributed by atoms with Gasteiger partial charge in [-0.05, 0) is 42.7 Å². The van der Waals surface area contributed by atoms with E-state index in [1.807, 2.05) is 43.4 Å². The highest BCUT2D eigenvalue weighted by atomic mass is 16.5. The van der Waals surface area contributed by atoms with Gasteiger partial charge < -0.3 is 19.7 Å². The highest BCUT2D eigenvalue weighted by Crippen LogP contribution is 2.25. The predicted molar refractivity (Wildman–Crippen MR) is 116 cm³/mol. The lowest BCUT2D eigenvalue weighted by molar-refractivity contribution is -0.116. The highest BCUT2D eigenvalue weighted by molar-refractivity contribution is 6.02. The number of carbonyl (C=O) groups excluding carboxylic acids is 1. The minimum absolute atomic E-state index is 0.0116. The van der Waals surface area contributed by atoms with Gasteiger partial charge in [-0.1, -0.05) is 29.4 Å². The van der Waals surface area contributed by atoms with E-state index in [9.17, 15) is 10.0 Å². The van der Waals surface area contributed by atoms with Gasteiger partial charge in [0.1, 0.15) is 0 Å². The normalized spacial score (nSPS) is 15.2. The van der Waals surface area contributed by atoms with Crippen LogP contribution in [-0.4, -0.2) is 44.1 Å². The van der Waals surface area contributed by atoms with Gasteiger partial charge in [0.25, 0.3) is 0 Å². The summed E-state index contributed by atoms with van der Waals surface area (Å²) in [4.78, 5) is 15.3. The lowest BCUT2D eigenvalue weighted by Gasteiger charge is -2.24. The van der Waals surface area contributed by atoms with E-state index in [0.717, 1.165) is 47.6 Å². The first kappa shape index (κ1) is 20.9. The molecule has 1 saturated heterocycles. The second-order valence-electron chi connectivity index (χ2n) is 7.52. The SMILES string of the molecule is CC(=O)N(C)c1ccc(CN(C)c2cccc(C(=NO)C3CCOCC3)c2)cc1. The average molecular weight is 396 g/mol. The number of ether oxygens (including phenoxy) is 1. The van der Waals surface area contributed by atoms with E-state index in [4.69, 9.17) is 4.74 Å². The van der Waals surface area contributed by atoms with Crippen LogP contribution in [0.4, 0.5) is 11.4 Å². The zero-order valence-electron chi connectivity index (χ0n) is 17.3. The van der Waals surface area contributed by atoms with Crippen LogP contribution in [0.5, 0.6) is 0 Å². The molecule has 2 aromatic carbocycles. The molecule has 1 aliphatic rings. The first-order valence-corrected chi connectivity index (χ1v) is 9.94. The first-order valence-electron chi connectivity index (χ1n) is 9.94. The maximum absolute atomic E-state index is 11.5. The molecule has 0 atom stereocenters. The fourth-order valence-electron chi connectivity index (χ4n) is 3.62. The molecular weight excluding hydrogens is 366 g/mol. The molecular formula is C23H29N3O3. The Hall–Kier alpha value is -2.86. The third kappa shape index (κ3) is 5.15. The second-order valence-corrected chi connectivity index (χ2v) is 7.52. The largest absolute Gasteiger partial charge is 0.411 e. The maximum Gasteiger partial charge on any atom is 0.223 e. The van der Waals surface area contributed by atoms with Crippen molar-refractivity contribution < 1.29 is 14.7 Å². The minimum Gasteiger partial charge on any atom is -0.411 e. The average Bonchev–Trinajstić information content (AvgIpc) is 2.75. The molecule has 0 aliphatic carbocycles. The molecule has 1 aliphatic heterocycles. The number of rotatable bonds is 6. The molecule has 2 aromatic rings. The van der Waals surface area contributed by atoms with Gasteiger partial charge in [-0.3, -0.25) is 4.79 Å². The summed E-state index contributed by atoms with van der Waals surface area (Å²) in [5.74, 6) is 0.234. The number of oxime groups is 1. The topological polar surface area (TPSA) is 65.4 Å². The summed E-state index contributed by atoms with van der Waals surface area (Å²) in [6.07, 6.45) is 1.75. The molecule has 29 heavy (non-hydrogen) atoms. The quantitative estimate of drug-likeness (QED) is 0.458. The number of carbonyl (C=O) groups is 1. The molecule has 0 saturated carbocycles. The Kier molecular flexibility index (Phi) is 6.88. The van der Waals surface area contributed by atoms with Gasteiger partial charge in [0.05, 0.1) is 5.71 Å². The Morgan fingerprint density at radius 2 is 1.79 bits per heavy atom. The molecule has 0 aromatic heterocycles. The van der Waals surface area contributed by atoms with E-state index in [0.29, 0.717) is 13.2 Å². The molecule has 6 heteroatoms. The van der Waals surface area contributed by atoms with Crippen molar-refractivity contribution in [1.29, 1.82) is 0 Å². The molecule has 0 unspecified atom stereocenters. The molecule has 154 valence electrons. The van der Waals surface area contributed by atoms with Crippen LogP contribution in [0, 0.1) is 5.92 Å². The maximum atomic E-state index is 11.5. The Morgan fingerprint density at radius 3 is 2.41 bits per heavy atom. The summed E-state index contributed by atoms with van der Waals surface area (Å²) in [7, 11) is 3.81. The molecule has 1 fully saturated rings. The van der Waals surface area contributed by atoms with Crippen molar-refractivity contribution in [3.8, 4) is 0 Å². The standard InChI is InChI=1S/C23H29N3O3/c1-17(27)26(3)21-9-7-18(8-10-21)16-25(2)22-6-4-5-20(15-22)23(24-28)19-11-13-29-14-12-19/h4-10,15,19,28H,11-14,16H2,1-3H3. The molecule has 0 radical (unpaired) electrons. The lowest BCUT2D eigenvalue weighted by Crippen LogP contribution is -2.25. The smallest absolute Gasteiger partial charge is 0.223 e. The number of hydrogen-bond acceptors (Lipinski definition) is 5. The third-order valence-electron chi connectivity index (χ3n) is 5.51. The Balaban J connectivity index is 1.72. The number of anilines is 2. The highest BCUT2D eigenvalue weighted by Gasteiger charge is 2.22. The summed E-state index contributed by atoms with van der Waals surface area (Å²) >= 11 is 0. The van der Waals surface area contributed by atoms with Crippen LogP contribution < -0.4 is 9.80 Å². The van der Waals surface area contributed by atoms with Gasteiger partial charge in [0.15, 0.2) is 0 Å². The molecule has 1 amide bonds. The van der Waals surface area contributed by atoms with Crippen LogP contribution in [0.2, 0.25) is 0 Å². The molecule has 1 N–H and O–H groups in total. The van der Waals surface area contributed by atoms with Crippen molar-refractivity contribution in [1.82, 2.24) is 0 Å². The number of benzene rings is 2. The lowest BCUT2D eigenvalue weighted by atomic mass is 9.90. The zero-order chi connectivity index (χ0) is 20.8. The summed E-state index contributed by atoms with van der Waals surface area (Å²) in [5.41, 5.74) is 4.77. The van der Waals surface area contributed by atoms with Gasteiger partial charge in [-0.15, -0.1) is 0 Å². The number of nitrogens with zero attached hydrogens (tertiary/aromatic N) is 3. The third-order valence-corrected chi connectivity index (χ3v) is 5.51. The predicted octanol–water partition coefficient (Wildman–Crippen LogP) is 3.91. The molecule has 0 bridgehead atoms. The van der Waals surface area contributed by atoms with Crippen LogP contribution in [0.1, 0.15) is 30.9 Å². The van der Waals surface area contributed by atoms with E-state index < -0.39 is 0 Å². The Labute approximate surface area is 172 Å². The molecule has 0 spiro atoms. The van der Waals surface area contributed by atoms with Crippen LogP contribution in [-0.2, 0) is 16.1 Å². The number of hydrogen-bond donors (Lipinski definition) is 1. The van der Waals surface area contributed by atoms with E-state index in [2.05, 4.69) is 22.2 Å². The fraction of sp³-hybridized carbons (Fsp3) is 0.391. The summed E-state index contributed by atoms with van der Waals surface area (Å²) in [6.45, 7) is 3.70. The fourth-order valence-corrected chi connectivity index (χ4v) is 3.62. The van der Waals surface area contributed by atoms with Gasteiger partial charge in [0.2, 0.25) is 5.91 Å². The zero-order valence-corrected chi connectivity index (χ0v) is 17.3. The van der Waals surface area contributed by atoms with Crippen LogP contribution in [0.15, 0.2) is 53.7 Å². The molecule has 6 nitrogen and oxygen atoms in total. The Morgan fingerprint density at radius 1 is 1.10 bits per heavy atom. The van der Waals surface area contributed by atoms with E-state index >= 15 is 0 Å². The van der Waals surface area contributed by atoms with Crippen LogP contribution in [0.25, 0.3) is 0 Å². The van der Waals surface area contributed by atoms with Gasteiger partial charge in [-0.2, -0.15) is 0 Å². The van der Waals surface area contributed by atoms with Gasteiger partial charge in [-0.25, -0.2) is 0 Å². The van der Waals surface area contributed by atoms with E-state index in [1.165, 1.54) is 0 Å². The monoisotopic (exact) mass is 395 g/mol. The van der Waals surface area contributed by atoms with Crippen molar-refractivity contribution in [2.24, 2.45) is 11.1 Å². The Bertz CT molecular complexity index is 858. The van der Waals surface area contributed by atoms with Crippen LogP contribution in [0.3, 0.4) is 0 Å². The summed E-state index contributed by atoms with van der Waals surface area (Å²) in [6, 6.07) is 16.1. The van der Waals surface area contributed by atoms with Crippen LogP contribution >= 0.6 is 0 Å². The minimum atomic E-state index is 0.0116.